The van der Waals surface area contributed by atoms with Crippen LogP contribution < -0.4 is 15.8 Å². The van der Waals surface area contributed by atoms with Gasteiger partial charge in [0.15, 0.2) is 24.1 Å². The Morgan fingerprint density at radius 3 is 2.16 bits per heavy atom. The summed E-state index contributed by atoms with van der Waals surface area (Å²) in [5, 5.41) is 119. The predicted molar refractivity (Wildman–Crippen MR) is 208 cm³/mol. The highest BCUT2D eigenvalue weighted by molar-refractivity contribution is 5.95. The third-order valence-corrected chi connectivity index (χ3v) is 11.2. The first-order valence-electron chi connectivity index (χ1n) is 20.6. The maximum absolute atomic E-state index is 13.6. The Hall–Kier alpha value is -3.41. The van der Waals surface area contributed by atoms with E-state index >= 15 is 0 Å². The van der Waals surface area contributed by atoms with E-state index in [1.54, 1.807) is 0 Å². The highest BCUT2D eigenvalue weighted by atomic mass is 16.8. The SMILES string of the molecule is COC(=O)CCCCCCCCO[C@@H]1O[C@H](CO)[C@@H](O[C@@H]2O[C@H](CO)[C@H](O)[C@H](O[C@]3(C(=O)O)C[C@H](O)[C@@H](N)[C@H]([C@H](O)[C@H](O)CO)O3)[C@H]2O)[C@H](O)[C@H]1NC(=O)c1ccc(O)c(OC)c1. The topological polar surface area (TPSA) is 386 Å². The number of carboxylic acids is 1. The van der Waals surface area contributed by atoms with Crippen LogP contribution in [0, 0.1) is 0 Å². The number of benzene rings is 1. The number of methoxy groups -OCH3 is 2. The van der Waals surface area contributed by atoms with Gasteiger partial charge in [-0.15, -0.1) is 0 Å². The molecule has 63 heavy (non-hydrogen) atoms. The molecule has 0 radical (unpaired) electrons. The fourth-order valence-electron chi connectivity index (χ4n) is 7.51. The number of esters is 1. The number of carboxylic acid groups (broad SMARTS) is 1. The van der Waals surface area contributed by atoms with Crippen molar-refractivity contribution in [2.45, 2.75) is 149 Å². The van der Waals surface area contributed by atoms with E-state index in [1.165, 1.54) is 32.4 Å². The molecule has 360 valence electrons. The summed E-state index contributed by atoms with van der Waals surface area (Å²) in [5.41, 5.74) is 5.91. The lowest BCUT2D eigenvalue weighted by Crippen LogP contribution is -2.70. The average Bonchev–Trinajstić information content (AvgIpc) is 3.27. The van der Waals surface area contributed by atoms with Crippen LogP contribution >= 0.6 is 0 Å². The van der Waals surface area contributed by atoms with Crippen molar-refractivity contribution in [2.75, 3.05) is 40.6 Å². The van der Waals surface area contributed by atoms with E-state index < -0.39 is 136 Å². The minimum Gasteiger partial charge on any atom is -0.504 e. The van der Waals surface area contributed by atoms with Crippen molar-refractivity contribution in [1.29, 1.82) is 0 Å². The van der Waals surface area contributed by atoms with Gasteiger partial charge in [-0.2, -0.15) is 0 Å². The molecule has 24 nitrogen and oxygen atoms in total. The van der Waals surface area contributed by atoms with Crippen LogP contribution in [0.4, 0.5) is 0 Å². The van der Waals surface area contributed by atoms with Crippen LogP contribution in [-0.2, 0) is 42.7 Å². The first kappa shape index (κ1) is 52.2. The Balaban J connectivity index is 1.56. The number of hydrogen-bond donors (Lipinski definition) is 13. The van der Waals surface area contributed by atoms with Gasteiger partial charge >= 0.3 is 11.9 Å². The van der Waals surface area contributed by atoms with E-state index in [4.69, 9.17) is 38.9 Å². The van der Waals surface area contributed by atoms with Crippen molar-refractivity contribution in [3.8, 4) is 11.5 Å². The first-order chi connectivity index (χ1) is 30.0. The average molecular weight is 911 g/mol. The van der Waals surface area contributed by atoms with Crippen LogP contribution in [0.25, 0.3) is 0 Å². The number of hydrogen-bond acceptors (Lipinski definition) is 22. The van der Waals surface area contributed by atoms with Crippen molar-refractivity contribution in [3.05, 3.63) is 23.8 Å². The molecule has 1 aromatic carbocycles. The summed E-state index contributed by atoms with van der Waals surface area (Å²) >= 11 is 0. The Kier molecular flexibility index (Phi) is 20.1. The number of nitrogens with one attached hydrogen (secondary N) is 1. The zero-order valence-electron chi connectivity index (χ0n) is 34.9. The lowest BCUT2D eigenvalue weighted by molar-refractivity contribution is -0.382. The zero-order chi connectivity index (χ0) is 46.6. The van der Waals surface area contributed by atoms with E-state index in [1.807, 2.05) is 0 Å². The maximum Gasteiger partial charge on any atom is 0.364 e. The zero-order valence-corrected chi connectivity index (χ0v) is 34.9. The van der Waals surface area contributed by atoms with E-state index in [2.05, 4.69) is 10.1 Å². The quantitative estimate of drug-likeness (QED) is 0.0365. The molecular weight excluding hydrogens is 848 g/mol. The molecule has 0 bridgehead atoms. The molecule has 0 spiro atoms. The number of phenols is 1. The fraction of sp³-hybridized carbons (Fsp3) is 0.769. The van der Waals surface area contributed by atoms with Gasteiger partial charge in [0.05, 0.1) is 46.2 Å². The molecule has 14 N–H and O–H groups in total. The summed E-state index contributed by atoms with van der Waals surface area (Å²) in [6.07, 6.45) is -20.5. The van der Waals surface area contributed by atoms with Crippen LogP contribution in [0.1, 0.15) is 61.7 Å². The molecular formula is C39H62N2O22. The number of phenolic OH excluding ortho intramolecular Hbond substituents is 1. The van der Waals surface area contributed by atoms with E-state index in [-0.39, 0.29) is 29.6 Å². The number of unbranched alkanes of at least 4 members (excludes halogenated alkanes) is 5. The monoisotopic (exact) mass is 910 g/mol. The Morgan fingerprint density at radius 2 is 1.54 bits per heavy atom. The van der Waals surface area contributed by atoms with E-state index in [0.29, 0.717) is 25.7 Å². The van der Waals surface area contributed by atoms with Crippen LogP contribution in [-0.4, -0.2) is 212 Å². The molecule has 3 heterocycles. The number of amides is 1. The smallest absolute Gasteiger partial charge is 0.364 e. The fourth-order valence-corrected chi connectivity index (χ4v) is 7.51. The lowest BCUT2D eigenvalue weighted by atomic mass is 9.88. The molecule has 4 rings (SSSR count). The number of carbonyl (C=O) groups excluding carboxylic acids is 2. The molecule has 0 unspecified atom stereocenters. The van der Waals surface area contributed by atoms with Crippen LogP contribution in [0.15, 0.2) is 18.2 Å². The highest BCUT2D eigenvalue weighted by Crippen LogP contribution is 2.38. The molecule has 24 heteroatoms. The largest absolute Gasteiger partial charge is 0.504 e. The third-order valence-electron chi connectivity index (χ3n) is 11.2. The number of rotatable bonds is 23. The van der Waals surface area contributed by atoms with Crippen LogP contribution in [0.2, 0.25) is 0 Å². The highest BCUT2D eigenvalue weighted by Gasteiger charge is 2.59. The molecule has 1 amide bonds. The number of carbonyl (C=O) groups is 3. The lowest BCUT2D eigenvalue weighted by Gasteiger charge is -2.50. The number of aliphatic hydroxyl groups is 9. The Morgan fingerprint density at radius 1 is 0.889 bits per heavy atom. The van der Waals surface area contributed by atoms with E-state index in [0.717, 1.165) is 19.3 Å². The second-order valence-electron chi connectivity index (χ2n) is 15.5. The molecule has 0 aliphatic carbocycles. The maximum atomic E-state index is 13.6. The summed E-state index contributed by atoms with van der Waals surface area (Å²) in [6.45, 7) is -2.80. The van der Waals surface area contributed by atoms with Gasteiger partial charge in [-0.25, -0.2) is 4.79 Å². The third kappa shape index (κ3) is 12.9. The van der Waals surface area contributed by atoms with Crippen LogP contribution in [0.5, 0.6) is 11.5 Å². The van der Waals surface area contributed by atoms with Gasteiger partial charge in [-0.1, -0.05) is 25.7 Å². The van der Waals surface area contributed by atoms with Gasteiger partial charge in [0.2, 0.25) is 0 Å². The normalized spacial score (nSPS) is 34.4. The van der Waals surface area contributed by atoms with Crippen molar-refractivity contribution in [1.82, 2.24) is 5.32 Å². The number of nitrogens with two attached hydrogens (primary N) is 1. The van der Waals surface area contributed by atoms with Gasteiger partial charge in [-0.05, 0) is 31.0 Å². The van der Waals surface area contributed by atoms with Gasteiger partial charge in [0.25, 0.3) is 11.7 Å². The Labute approximate surface area is 361 Å². The van der Waals surface area contributed by atoms with Crippen molar-refractivity contribution < 1.29 is 108 Å². The van der Waals surface area contributed by atoms with E-state index in [9.17, 15) is 70.6 Å². The standard InChI is InChI=1S/C39H62N2O22/c1-56-22-13-18(10-11-19(22)45)35(53)41-27-30(51)32(24(17-44)60-36(27)58-12-8-6-4-3-5-7-9-25(48)57-2)61-37-31(52)34(29(50)23(16-43)59-37)63-39(38(54)55)14-20(46)26(40)33(62-39)28(49)21(47)15-42/h10-11,13,20-21,23-24,26-34,36-37,42-47,49-52H,3-9,12,14-17,40H2,1-2H3,(H,41,53)(H,54,55)/t20-,21+,23+,24+,26+,27+,28+,29-,30+,31+,32+,33+,34-,36+,37-,39-/m0/s1. The minimum atomic E-state index is -3.01. The number of aromatic hydroxyl groups is 1. The molecule has 16 atom stereocenters. The van der Waals surface area contributed by atoms with Crippen molar-refractivity contribution >= 4 is 17.8 Å². The summed E-state index contributed by atoms with van der Waals surface area (Å²) < 4.78 is 44.5. The molecule has 0 saturated carbocycles. The summed E-state index contributed by atoms with van der Waals surface area (Å²) in [5.74, 6) is -6.35. The van der Waals surface area contributed by atoms with Gasteiger partial charge in [0.1, 0.15) is 67.1 Å². The summed E-state index contributed by atoms with van der Waals surface area (Å²) in [4.78, 5) is 37.7. The number of aliphatic hydroxyl groups excluding tert-OH is 9. The molecule has 3 aliphatic heterocycles. The molecule has 3 saturated heterocycles. The van der Waals surface area contributed by atoms with Gasteiger partial charge in [-0.3, -0.25) is 9.59 Å². The second kappa shape index (κ2) is 24.2. The number of aliphatic carboxylic acids is 1. The number of ether oxygens (including phenoxy) is 8. The predicted octanol–water partition coefficient (Wildman–Crippen LogP) is -4.32. The minimum absolute atomic E-state index is 0.0284. The second-order valence-corrected chi connectivity index (χ2v) is 15.5. The summed E-state index contributed by atoms with van der Waals surface area (Å²) in [6, 6.07) is 0.687. The van der Waals surface area contributed by atoms with Crippen molar-refractivity contribution in [3.63, 3.8) is 0 Å². The molecule has 3 fully saturated rings. The Bertz CT molecular complexity index is 1610. The molecule has 1 aromatic rings. The van der Waals surface area contributed by atoms with Crippen molar-refractivity contribution in [2.24, 2.45) is 5.73 Å². The molecule has 0 aromatic heterocycles. The van der Waals surface area contributed by atoms with Gasteiger partial charge in [0, 0.05) is 25.0 Å². The first-order valence-corrected chi connectivity index (χ1v) is 20.6. The van der Waals surface area contributed by atoms with Crippen LogP contribution in [0.3, 0.4) is 0 Å². The summed E-state index contributed by atoms with van der Waals surface area (Å²) in [7, 11) is 2.59. The molecule has 3 aliphatic rings. The van der Waals surface area contributed by atoms with Gasteiger partial charge < -0.3 is 105 Å².